The molecule has 2 aromatic carbocycles. The summed E-state index contributed by atoms with van der Waals surface area (Å²) in [5.41, 5.74) is 1.08. The SMILES string of the molecule is Cc1cccc(Oc2coc3cc(O[C@@H](C)C(=O)OCCC(C)C)ccc3c2=O)c1. The van der Waals surface area contributed by atoms with Crippen molar-refractivity contribution in [3.05, 3.63) is 64.5 Å². The Hall–Kier alpha value is -3.28. The Balaban J connectivity index is 1.72. The minimum atomic E-state index is -0.773. The summed E-state index contributed by atoms with van der Waals surface area (Å²) in [6.07, 6.45) is 1.30. The van der Waals surface area contributed by atoms with Gasteiger partial charge in [-0.3, -0.25) is 4.79 Å². The number of esters is 1. The third kappa shape index (κ3) is 5.41. The standard InChI is InChI=1S/C24H26O6/c1-15(2)10-11-27-24(26)17(4)29-19-8-9-20-21(13-19)28-14-22(23(20)25)30-18-7-5-6-16(3)12-18/h5-9,12-15,17H,10-11H2,1-4H3/t17-/m0/s1. The highest BCUT2D eigenvalue weighted by atomic mass is 16.6. The summed E-state index contributed by atoms with van der Waals surface area (Å²) in [5.74, 6) is 1.10. The van der Waals surface area contributed by atoms with Crippen molar-refractivity contribution in [2.24, 2.45) is 5.92 Å². The Morgan fingerprint density at radius 3 is 2.60 bits per heavy atom. The van der Waals surface area contributed by atoms with Gasteiger partial charge in [-0.05, 0) is 56.0 Å². The number of carbonyl (C=O) groups excluding carboxylic acids is 1. The van der Waals surface area contributed by atoms with E-state index < -0.39 is 12.1 Å². The van der Waals surface area contributed by atoms with Gasteiger partial charge in [0.25, 0.3) is 0 Å². The van der Waals surface area contributed by atoms with E-state index >= 15 is 0 Å². The highest BCUT2D eigenvalue weighted by Crippen LogP contribution is 2.25. The van der Waals surface area contributed by atoms with Gasteiger partial charge in [0.15, 0.2) is 6.10 Å². The summed E-state index contributed by atoms with van der Waals surface area (Å²) in [5, 5.41) is 0.361. The molecule has 0 unspecified atom stereocenters. The van der Waals surface area contributed by atoms with Gasteiger partial charge in [0.05, 0.1) is 12.0 Å². The number of ether oxygens (including phenoxy) is 3. The second-order valence-electron chi connectivity index (χ2n) is 7.62. The zero-order valence-electron chi connectivity index (χ0n) is 17.6. The zero-order chi connectivity index (χ0) is 21.7. The largest absolute Gasteiger partial charge is 0.479 e. The van der Waals surface area contributed by atoms with Gasteiger partial charge < -0.3 is 18.6 Å². The molecule has 6 nitrogen and oxygen atoms in total. The van der Waals surface area contributed by atoms with Crippen LogP contribution in [0.2, 0.25) is 0 Å². The molecule has 0 amide bonds. The predicted molar refractivity (Wildman–Crippen MR) is 114 cm³/mol. The summed E-state index contributed by atoms with van der Waals surface area (Å²) < 4.78 is 22.1. The van der Waals surface area contributed by atoms with Gasteiger partial charge in [-0.2, -0.15) is 0 Å². The summed E-state index contributed by atoms with van der Waals surface area (Å²) in [7, 11) is 0. The van der Waals surface area contributed by atoms with Crippen molar-refractivity contribution in [2.75, 3.05) is 6.61 Å². The Bertz CT molecular complexity index is 1080. The van der Waals surface area contributed by atoms with E-state index in [1.54, 1.807) is 31.2 Å². The maximum atomic E-state index is 12.7. The van der Waals surface area contributed by atoms with Crippen molar-refractivity contribution in [3.63, 3.8) is 0 Å². The lowest BCUT2D eigenvalue weighted by molar-refractivity contribution is -0.151. The van der Waals surface area contributed by atoms with Crippen LogP contribution in [0.3, 0.4) is 0 Å². The van der Waals surface area contributed by atoms with Gasteiger partial charge in [0, 0.05) is 6.07 Å². The lowest BCUT2D eigenvalue weighted by Crippen LogP contribution is -2.26. The lowest BCUT2D eigenvalue weighted by Gasteiger charge is -2.15. The molecule has 0 N–H and O–H groups in total. The van der Waals surface area contributed by atoms with Crippen molar-refractivity contribution in [3.8, 4) is 17.2 Å². The van der Waals surface area contributed by atoms with Gasteiger partial charge >= 0.3 is 5.97 Å². The van der Waals surface area contributed by atoms with Gasteiger partial charge in [-0.15, -0.1) is 0 Å². The monoisotopic (exact) mass is 410 g/mol. The fourth-order valence-electron chi connectivity index (χ4n) is 2.81. The molecule has 0 saturated carbocycles. The highest BCUT2D eigenvalue weighted by Gasteiger charge is 2.17. The summed E-state index contributed by atoms with van der Waals surface area (Å²) in [6.45, 7) is 8.05. The first kappa shape index (κ1) is 21.4. The first-order valence-electron chi connectivity index (χ1n) is 9.97. The summed E-state index contributed by atoms with van der Waals surface area (Å²) >= 11 is 0. The number of benzene rings is 2. The third-order valence-electron chi connectivity index (χ3n) is 4.52. The number of hydrogen-bond donors (Lipinski definition) is 0. The van der Waals surface area contributed by atoms with Crippen LogP contribution < -0.4 is 14.9 Å². The first-order chi connectivity index (χ1) is 14.3. The molecular weight excluding hydrogens is 384 g/mol. The maximum absolute atomic E-state index is 12.7. The molecule has 0 aliphatic rings. The van der Waals surface area contributed by atoms with Crippen LogP contribution in [0.5, 0.6) is 17.2 Å². The van der Waals surface area contributed by atoms with Crippen molar-refractivity contribution < 1.29 is 23.4 Å². The normalized spacial score (nSPS) is 12.0. The molecule has 6 heteroatoms. The van der Waals surface area contributed by atoms with Crippen LogP contribution in [-0.4, -0.2) is 18.7 Å². The molecule has 3 rings (SSSR count). The van der Waals surface area contributed by atoms with Crippen LogP contribution in [0.15, 0.2) is 57.9 Å². The molecule has 0 radical (unpaired) electrons. The third-order valence-corrected chi connectivity index (χ3v) is 4.52. The topological polar surface area (TPSA) is 75.0 Å². The number of hydrogen-bond acceptors (Lipinski definition) is 6. The van der Waals surface area contributed by atoms with Crippen molar-refractivity contribution in [2.45, 2.75) is 40.2 Å². The van der Waals surface area contributed by atoms with E-state index in [1.165, 1.54) is 6.26 Å². The smallest absolute Gasteiger partial charge is 0.347 e. The first-order valence-corrected chi connectivity index (χ1v) is 9.97. The number of rotatable bonds is 8. The van der Waals surface area contributed by atoms with E-state index in [1.807, 2.05) is 25.1 Å². The second-order valence-corrected chi connectivity index (χ2v) is 7.62. The summed E-state index contributed by atoms with van der Waals surface area (Å²) in [6, 6.07) is 12.2. The number of fused-ring (bicyclic) bond motifs is 1. The molecule has 0 saturated heterocycles. The quantitative estimate of drug-likeness (QED) is 0.472. The Morgan fingerprint density at radius 2 is 1.87 bits per heavy atom. The van der Waals surface area contributed by atoms with Crippen LogP contribution in [0, 0.1) is 12.8 Å². The molecule has 0 aliphatic carbocycles. The summed E-state index contributed by atoms with van der Waals surface area (Å²) in [4.78, 5) is 24.8. The molecule has 1 aromatic heterocycles. The zero-order valence-corrected chi connectivity index (χ0v) is 17.6. The number of carbonyl (C=O) groups is 1. The fourth-order valence-corrected chi connectivity index (χ4v) is 2.81. The van der Waals surface area contributed by atoms with E-state index in [-0.39, 0.29) is 11.2 Å². The van der Waals surface area contributed by atoms with Crippen LogP contribution in [0.1, 0.15) is 32.8 Å². The average molecular weight is 410 g/mol. The molecule has 30 heavy (non-hydrogen) atoms. The van der Waals surface area contributed by atoms with Gasteiger partial charge in [-0.1, -0.05) is 26.0 Å². The van der Waals surface area contributed by atoms with Crippen molar-refractivity contribution in [1.82, 2.24) is 0 Å². The molecule has 158 valence electrons. The van der Waals surface area contributed by atoms with E-state index in [0.29, 0.717) is 35.0 Å². The lowest BCUT2D eigenvalue weighted by atomic mass is 10.1. The molecule has 1 heterocycles. The minimum Gasteiger partial charge on any atom is -0.479 e. The molecule has 0 fully saturated rings. The maximum Gasteiger partial charge on any atom is 0.347 e. The fraction of sp³-hybridized carbons (Fsp3) is 0.333. The molecule has 3 aromatic rings. The number of aryl methyl sites for hydroxylation is 1. The van der Waals surface area contributed by atoms with E-state index in [4.69, 9.17) is 18.6 Å². The van der Waals surface area contributed by atoms with Gasteiger partial charge in [0.2, 0.25) is 11.2 Å². The molecular formula is C24H26O6. The van der Waals surface area contributed by atoms with Gasteiger partial charge in [-0.25, -0.2) is 4.79 Å². The molecule has 0 aliphatic heterocycles. The molecule has 1 atom stereocenters. The highest BCUT2D eigenvalue weighted by molar-refractivity contribution is 5.79. The molecule has 0 spiro atoms. The average Bonchev–Trinajstić information content (AvgIpc) is 2.70. The Morgan fingerprint density at radius 1 is 1.07 bits per heavy atom. The second kappa shape index (κ2) is 9.48. The molecule has 0 bridgehead atoms. The van der Waals surface area contributed by atoms with E-state index in [0.717, 1.165) is 12.0 Å². The van der Waals surface area contributed by atoms with Crippen molar-refractivity contribution >= 4 is 16.9 Å². The minimum absolute atomic E-state index is 0.101. The predicted octanol–water partition coefficient (Wildman–Crippen LogP) is 5.25. The van der Waals surface area contributed by atoms with Crippen LogP contribution in [-0.2, 0) is 9.53 Å². The van der Waals surface area contributed by atoms with Crippen molar-refractivity contribution in [1.29, 1.82) is 0 Å². The van der Waals surface area contributed by atoms with Crippen LogP contribution >= 0.6 is 0 Å². The Kier molecular flexibility index (Phi) is 6.77. The van der Waals surface area contributed by atoms with E-state index in [2.05, 4.69) is 13.8 Å². The van der Waals surface area contributed by atoms with Gasteiger partial charge in [0.1, 0.15) is 23.3 Å². The van der Waals surface area contributed by atoms with Crippen LogP contribution in [0.25, 0.3) is 11.0 Å². The van der Waals surface area contributed by atoms with Crippen LogP contribution in [0.4, 0.5) is 0 Å². The van der Waals surface area contributed by atoms with E-state index in [9.17, 15) is 9.59 Å². The Labute approximate surface area is 175 Å².